The molecule has 0 amide bonds. The van der Waals surface area contributed by atoms with Crippen molar-refractivity contribution < 1.29 is 13.5 Å². The van der Waals surface area contributed by atoms with Crippen LogP contribution < -0.4 is 0 Å². The molecule has 1 fully saturated rings. The Morgan fingerprint density at radius 2 is 2.00 bits per heavy atom. The van der Waals surface area contributed by atoms with E-state index in [4.69, 9.17) is 23.2 Å². The van der Waals surface area contributed by atoms with Crippen LogP contribution in [0.1, 0.15) is 12.0 Å². The van der Waals surface area contributed by atoms with E-state index in [1.165, 1.54) is 16.4 Å². The number of benzene rings is 1. The first kappa shape index (κ1) is 16.4. The van der Waals surface area contributed by atoms with Gasteiger partial charge in [-0.3, -0.25) is 0 Å². The zero-order chi connectivity index (χ0) is 14.8. The fourth-order valence-corrected chi connectivity index (χ4v) is 5.41. The molecule has 0 atom stereocenters. The van der Waals surface area contributed by atoms with Gasteiger partial charge in [0.25, 0.3) is 0 Å². The number of hydrogen-bond donors (Lipinski definition) is 1. The zero-order valence-corrected chi connectivity index (χ0v) is 13.8. The number of aliphatic hydroxyl groups excluding tert-OH is 1. The van der Waals surface area contributed by atoms with E-state index in [9.17, 15) is 13.5 Å². The molecule has 1 aromatic carbocycles. The third kappa shape index (κ3) is 3.43. The predicted molar refractivity (Wildman–Crippen MR) is 83.1 cm³/mol. The molecule has 4 nitrogen and oxygen atoms in total. The second kappa shape index (κ2) is 6.85. The molecule has 1 N–H and O–H groups in total. The first-order valence-electron chi connectivity index (χ1n) is 6.13. The van der Waals surface area contributed by atoms with Gasteiger partial charge in [-0.25, -0.2) is 8.42 Å². The molecule has 1 aliphatic heterocycles. The summed E-state index contributed by atoms with van der Waals surface area (Å²) in [6.45, 7) is 0.592. The third-order valence-corrected chi connectivity index (χ3v) is 6.80. The van der Waals surface area contributed by atoms with Crippen LogP contribution in [-0.4, -0.2) is 42.4 Å². The molecule has 112 valence electrons. The van der Waals surface area contributed by atoms with Crippen molar-refractivity contribution in [3.05, 3.63) is 27.7 Å². The lowest BCUT2D eigenvalue weighted by molar-refractivity contribution is 0.281. The van der Waals surface area contributed by atoms with Crippen molar-refractivity contribution in [1.82, 2.24) is 4.31 Å². The molecule has 0 spiro atoms. The number of halogens is 2. The average Bonchev–Trinajstić information content (AvgIpc) is 2.70. The van der Waals surface area contributed by atoms with Crippen LogP contribution in [0.2, 0.25) is 10.0 Å². The maximum absolute atomic E-state index is 12.7. The van der Waals surface area contributed by atoms with Crippen LogP contribution in [0.15, 0.2) is 17.0 Å². The largest absolute Gasteiger partial charge is 0.392 e. The Bertz CT molecular complexity index is 585. The van der Waals surface area contributed by atoms with Gasteiger partial charge < -0.3 is 5.11 Å². The molecule has 8 heteroatoms. The van der Waals surface area contributed by atoms with E-state index >= 15 is 0 Å². The fourth-order valence-electron chi connectivity index (χ4n) is 2.02. The molecule has 1 saturated heterocycles. The molecular weight excluding hydrogens is 341 g/mol. The number of nitrogens with zero attached hydrogens (tertiary/aromatic N) is 1. The van der Waals surface area contributed by atoms with Crippen LogP contribution in [0.3, 0.4) is 0 Å². The van der Waals surface area contributed by atoms with Crippen LogP contribution in [0.25, 0.3) is 0 Å². The van der Waals surface area contributed by atoms with Crippen molar-refractivity contribution in [3.8, 4) is 0 Å². The SMILES string of the molecule is O=S(=O)(c1cc(Cl)cc(CO)c1Cl)N1CCCSCC1. The van der Waals surface area contributed by atoms with E-state index in [0.717, 1.165) is 17.9 Å². The summed E-state index contributed by atoms with van der Waals surface area (Å²) in [6.07, 6.45) is 0.814. The van der Waals surface area contributed by atoms with Gasteiger partial charge in [0.15, 0.2) is 0 Å². The Balaban J connectivity index is 2.45. The highest BCUT2D eigenvalue weighted by Crippen LogP contribution is 2.32. The lowest BCUT2D eigenvalue weighted by Crippen LogP contribution is -2.33. The van der Waals surface area contributed by atoms with Crippen LogP contribution in [0.5, 0.6) is 0 Å². The minimum absolute atomic E-state index is 0.0254. The van der Waals surface area contributed by atoms with E-state index < -0.39 is 10.0 Å². The normalized spacial score (nSPS) is 17.9. The molecule has 0 bridgehead atoms. The van der Waals surface area contributed by atoms with Crippen molar-refractivity contribution in [2.24, 2.45) is 0 Å². The maximum Gasteiger partial charge on any atom is 0.244 e. The maximum atomic E-state index is 12.7. The lowest BCUT2D eigenvalue weighted by Gasteiger charge is -2.21. The van der Waals surface area contributed by atoms with Gasteiger partial charge in [-0.05, 0) is 29.9 Å². The monoisotopic (exact) mass is 355 g/mol. The van der Waals surface area contributed by atoms with Gasteiger partial charge in [-0.15, -0.1) is 0 Å². The lowest BCUT2D eigenvalue weighted by atomic mass is 10.2. The smallest absolute Gasteiger partial charge is 0.244 e. The van der Waals surface area contributed by atoms with Crippen LogP contribution in [0, 0.1) is 0 Å². The fraction of sp³-hybridized carbons (Fsp3) is 0.500. The van der Waals surface area contributed by atoms with Gasteiger partial charge in [0.05, 0.1) is 11.6 Å². The van der Waals surface area contributed by atoms with Crippen molar-refractivity contribution in [2.45, 2.75) is 17.9 Å². The van der Waals surface area contributed by atoms with Crippen LogP contribution in [0.4, 0.5) is 0 Å². The quantitative estimate of drug-likeness (QED) is 0.905. The minimum Gasteiger partial charge on any atom is -0.392 e. The molecule has 0 radical (unpaired) electrons. The summed E-state index contributed by atoms with van der Waals surface area (Å²) in [4.78, 5) is -0.0254. The summed E-state index contributed by atoms with van der Waals surface area (Å²) >= 11 is 13.8. The highest BCUT2D eigenvalue weighted by molar-refractivity contribution is 7.99. The Kier molecular flexibility index (Phi) is 5.62. The number of rotatable bonds is 3. The Morgan fingerprint density at radius 3 is 2.70 bits per heavy atom. The third-order valence-electron chi connectivity index (χ3n) is 3.05. The molecule has 1 aliphatic rings. The molecule has 20 heavy (non-hydrogen) atoms. The molecule has 0 aliphatic carbocycles. The Labute approximate surface area is 133 Å². The van der Waals surface area contributed by atoms with Gasteiger partial charge in [0.1, 0.15) is 4.90 Å². The summed E-state index contributed by atoms with van der Waals surface area (Å²) in [5, 5.41) is 9.53. The number of thioether (sulfide) groups is 1. The number of hydrogen-bond acceptors (Lipinski definition) is 4. The summed E-state index contributed by atoms with van der Waals surface area (Å²) < 4.78 is 26.8. The van der Waals surface area contributed by atoms with Gasteiger partial charge in [-0.1, -0.05) is 23.2 Å². The molecule has 2 rings (SSSR count). The molecule has 0 unspecified atom stereocenters. The van der Waals surface area contributed by atoms with Crippen molar-refractivity contribution in [1.29, 1.82) is 0 Å². The van der Waals surface area contributed by atoms with E-state index in [0.29, 0.717) is 18.7 Å². The predicted octanol–water partition coefficient (Wildman–Crippen LogP) is 2.61. The van der Waals surface area contributed by atoms with E-state index in [-0.39, 0.29) is 21.5 Å². The molecule has 0 saturated carbocycles. The highest BCUT2D eigenvalue weighted by atomic mass is 35.5. The van der Waals surface area contributed by atoms with E-state index in [2.05, 4.69) is 0 Å². The van der Waals surface area contributed by atoms with Crippen LogP contribution in [-0.2, 0) is 16.6 Å². The van der Waals surface area contributed by atoms with Gasteiger partial charge in [0, 0.05) is 23.9 Å². The Hall–Kier alpha value is 0.0200. The van der Waals surface area contributed by atoms with Crippen LogP contribution >= 0.6 is 35.0 Å². The topological polar surface area (TPSA) is 57.6 Å². The first-order chi connectivity index (χ1) is 9.46. The van der Waals surface area contributed by atoms with Crippen molar-refractivity contribution >= 4 is 45.0 Å². The second-order valence-corrected chi connectivity index (χ2v) is 8.35. The second-order valence-electron chi connectivity index (χ2n) is 4.41. The minimum atomic E-state index is -3.68. The molecular formula is C12H15Cl2NO3S2. The molecule has 1 heterocycles. The summed E-state index contributed by atoms with van der Waals surface area (Å²) in [6, 6.07) is 2.82. The standard InChI is InChI=1S/C12H15Cl2NO3S2/c13-10-6-9(8-16)12(14)11(7-10)20(17,18)15-2-1-4-19-5-3-15/h6-7,16H,1-5,8H2. The van der Waals surface area contributed by atoms with E-state index in [1.54, 1.807) is 11.8 Å². The molecule has 1 aromatic rings. The van der Waals surface area contributed by atoms with Crippen molar-refractivity contribution in [2.75, 3.05) is 24.6 Å². The summed E-state index contributed by atoms with van der Waals surface area (Å²) in [5.41, 5.74) is 0.321. The van der Waals surface area contributed by atoms with E-state index in [1.807, 2.05) is 0 Å². The Morgan fingerprint density at radius 1 is 1.25 bits per heavy atom. The zero-order valence-electron chi connectivity index (χ0n) is 10.7. The van der Waals surface area contributed by atoms with Crippen molar-refractivity contribution in [3.63, 3.8) is 0 Å². The number of sulfonamides is 1. The van der Waals surface area contributed by atoms with Gasteiger partial charge in [-0.2, -0.15) is 16.1 Å². The summed E-state index contributed by atoms with van der Waals surface area (Å²) in [7, 11) is -3.68. The van der Waals surface area contributed by atoms with Gasteiger partial charge >= 0.3 is 0 Å². The summed E-state index contributed by atoms with van der Waals surface area (Å²) in [5.74, 6) is 1.72. The first-order valence-corrected chi connectivity index (χ1v) is 9.48. The molecule has 0 aromatic heterocycles. The van der Waals surface area contributed by atoms with Gasteiger partial charge in [0.2, 0.25) is 10.0 Å². The highest BCUT2D eigenvalue weighted by Gasteiger charge is 2.28. The average molecular weight is 356 g/mol. The number of aliphatic hydroxyl groups is 1.